The molecule has 0 radical (unpaired) electrons. The van der Waals surface area contributed by atoms with Crippen molar-refractivity contribution in [1.29, 1.82) is 0 Å². The first-order chi connectivity index (χ1) is 17.3. The lowest BCUT2D eigenvalue weighted by atomic mass is 9.88. The highest BCUT2D eigenvalue weighted by Gasteiger charge is 2.28. The van der Waals surface area contributed by atoms with Crippen molar-refractivity contribution < 1.29 is 4.79 Å². The van der Waals surface area contributed by atoms with E-state index in [2.05, 4.69) is 84.7 Å². The molecular formula is C29H41N5OS. The van der Waals surface area contributed by atoms with Gasteiger partial charge in [0.25, 0.3) is 5.91 Å². The molecule has 0 saturated heterocycles. The maximum Gasteiger partial charge on any atom is 0.251 e. The van der Waals surface area contributed by atoms with Crippen molar-refractivity contribution in [1.82, 2.24) is 20.5 Å². The quantitative estimate of drug-likeness (QED) is 0.503. The molecule has 194 valence electrons. The lowest BCUT2D eigenvalue weighted by molar-refractivity contribution is 0.0956. The molecule has 2 heterocycles. The summed E-state index contributed by atoms with van der Waals surface area (Å²) in [4.78, 5) is 23.0. The topological polar surface area (TPSA) is 60.5 Å². The number of allylic oxidation sites excluding steroid dienone is 3. The Morgan fingerprint density at radius 3 is 2.47 bits per heavy atom. The third-order valence-electron chi connectivity index (χ3n) is 7.87. The molecule has 0 atom stereocenters. The van der Waals surface area contributed by atoms with Gasteiger partial charge in [0.2, 0.25) is 0 Å². The zero-order valence-electron chi connectivity index (χ0n) is 22.6. The van der Waals surface area contributed by atoms with Gasteiger partial charge in [-0.05, 0) is 102 Å². The number of thiazole rings is 1. The number of dihydropyridines is 1. The summed E-state index contributed by atoms with van der Waals surface area (Å²) in [7, 11) is 4.38. The first kappa shape index (κ1) is 26.4. The van der Waals surface area contributed by atoms with Gasteiger partial charge in [-0.1, -0.05) is 0 Å². The van der Waals surface area contributed by atoms with Gasteiger partial charge in [0.05, 0.1) is 11.2 Å². The second-order valence-corrected chi connectivity index (χ2v) is 11.1. The molecule has 6 nitrogen and oxygen atoms in total. The van der Waals surface area contributed by atoms with Crippen LogP contribution in [0.15, 0.2) is 45.9 Å². The molecule has 0 bridgehead atoms. The highest BCUT2D eigenvalue weighted by Crippen LogP contribution is 2.35. The maximum absolute atomic E-state index is 13.5. The molecule has 1 aromatic heterocycles. The van der Waals surface area contributed by atoms with Crippen molar-refractivity contribution in [2.45, 2.75) is 65.5 Å². The average Bonchev–Trinajstić information content (AvgIpc) is 3.40. The maximum atomic E-state index is 13.5. The zero-order valence-corrected chi connectivity index (χ0v) is 23.5. The SMILES string of the molecule is CCN(c1cc(-c2cscn2)cc(C(=O)NCC2=C(C)C=C(C)NC2)c1C)C1CCC(N(C)C)CC1. The van der Waals surface area contributed by atoms with E-state index in [0.717, 1.165) is 41.2 Å². The molecule has 0 unspecified atom stereocenters. The van der Waals surface area contributed by atoms with Crippen LogP contribution >= 0.6 is 11.3 Å². The summed E-state index contributed by atoms with van der Waals surface area (Å²) in [6, 6.07) is 5.41. The van der Waals surface area contributed by atoms with Crippen LogP contribution in [0.4, 0.5) is 5.69 Å². The second-order valence-electron chi connectivity index (χ2n) is 10.4. The number of amides is 1. The summed E-state index contributed by atoms with van der Waals surface area (Å²) in [6.07, 6.45) is 6.91. The number of benzene rings is 1. The molecule has 1 saturated carbocycles. The summed E-state index contributed by atoms with van der Waals surface area (Å²) in [5.41, 5.74) is 10.4. The van der Waals surface area contributed by atoms with Crippen LogP contribution in [0.25, 0.3) is 11.3 Å². The van der Waals surface area contributed by atoms with Crippen LogP contribution in [0.3, 0.4) is 0 Å². The number of aromatic nitrogens is 1. The summed E-state index contributed by atoms with van der Waals surface area (Å²) >= 11 is 1.58. The van der Waals surface area contributed by atoms with Gasteiger partial charge in [-0.3, -0.25) is 4.79 Å². The lowest BCUT2D eigenvalue weighted by Crippen LogP contribution is -2.42. The molecule has 2 aromatic rings. The van der Waals surface area contributed by atoms with Crippen LogP contribution in [0, 0.1) is 6.92 Å². The highest BCUT2D eigenvalue weighted by molar-refractivity contribution is 7.07. The molecule has 1 aromatic carbocycles. The Labute approximate surface area is 220 Å². The van der Waals surface area contributed by atoms with E-state index in [0.29, 0.717) is 18.6 Å². The third-order valence-corrected chi connectivity index (χ3v) is 8.46. The number of carbonyl (C=O) groups is 1. The van der Waals surface area contributed by atoms with Crippen LogP contribution in [0.5, 0.6) is 0 Å². The predicted octanol–water partition coefficient (Wildman–Crippen LogP) is 5.37. The largest absolute Gasteiger partial charge is 0.385 e. The van der Waals surface area contributed by atoms with Crippen molar-refractivity contribution in [2.24, 2.45) is 0 Å². The zero-order chi connectivity index (χ0) is 25.8. The normalized spacial score (nSPS) is 20.2. The van der Waals surface area contributed by atoms with Gasteiger partial charge in [0.15, 0.2) is 0 Å². The number of anilines is 1. The summed E-state index contributed by atoms with van der Waals surface area (Å²) in [5.74, 6) is -0.0234. The number of carbonyl (C=O) groups excluding carboxylic acids is 1. The van der Waals surface area contributed by atoms with Gasteiger partial charge in [-0.15, -0.1) is 11.3 Å². The molecular weight excluding hydrogens is 466 g/mol. The van der Waals surface area contributed by atoms with E-state index >= 15 is 0 Å². The molecule has 1 amide bonds. The van der Waals surface area contributed by atoms with Gasteiger partial charge in [0.1, 0.15) is 0 Å². The highest BCUT2D eigenvalue weighted by atomic mass is 32.1. The summed E-state index contributed by atoms with van der Waals surface area (Å²) < 4.78 is 0. The van der Waals surface area contributed by atoms with Crippen LogP contribution in [-0.2, 0) is 0 Å². The van der Waals surface area contributed by atoms with Crippen molar-refractivity contribution in [2.75, 3.05) is 38.6 Å². The number of hydrogen-bond acceptors (Lipinski definition) is 6. The van der Waals surface area contributed by atoms with Crippen LogP contribution < -0.4 is 15.5 Å². The summed E-state index contributed by atoms with van der Waals surface area (Å²) in [5, 5.41) is 8.64. The van der Waals surface area contributed by atoms with E-state index in [9.17, 15) is 4.79 Å². The smallest absolute Gasteiger partial charge is 0.251 e. The number of nitrogens with one attached hydrogen (secondary N) is 2. The molecule has 4 rings (SSSR count). The van der Waals surface area contributed by atoms with Crippen molar-refractivity contribution in [3.63, 3.8) is 0 Å². The Hall–Kier alpha value is -2.64. The fourth-order valence-corrected chi connectivity index (χ4v) is 6.16. The number of hydrogen-bond donors (Lipinski definition) is 2. The van der Waals surface area contributed by atoms with Crippen LogP contribution in [0.2, 0.25) is 0 Å². The van der Waals surface area contributed by atoms with Crippen molar-refractivity contribution in [3.05, 3.63) is 57.1 Å². The average molecular weight is 508 g/mol. The molecule has 2 N–H and O–H groups in total. The van der Waals surface area contributed by atoms with E-state index < -0.39 is 0 Å². The molecule has 0 spiro atoms. The van der Waals surface area contributed by atoms with E-state index in [4.69, 9.17) is 0 Å². The van der Waals surface area contributed by atoms with E-state index in [1.807, 2.05) is 11.6 Å². The first-order valence-electron chi connectivity index (χ1n) is 13.1. The molecule has 36 heavy (non-hydrogen) atoms. The number of rotatable bonds is 8. The van der Waals surface area contributed by atoms with Crippen LogP contribution in [0.1, 0.15) is 62.4 Å². The Morgan fingerprint density at radius 2 is 1.86 bits per heavy atom. The Morgan fingerprint density at radius 1 is 1.14 bits per heavy atom. The standard InChI is InChI=1S/C29H41N5OS/c1-7-34(25-10-8-24(9-11-25)33(5)6)28-14-22(27-17-36-18-32-27)13-26(21(28)4)29(35)31-16-23-15-30-20(3)12-19(23)2/h12-14,17-18,24-25,30H,7-11,15-16H2,1-6H3,(H,31,35). The lowest BCUT2D eigenvalue weighted by Gasteiger charge is -2.40. The fraction of sp³-hybridized carbons (Fsp3) is 0.517. The third kappa shape index (κ3) is 5.84. The minimum Gasteiger partial charge on any atom is -0.385 e. The van der Waals surface area contributed by atoms with Gasteiger partial charge in [-0.25, -0.2) is 4.98 Å². The van der Waals surface area contributed by atoms with E-state index in [1.165, 1.54) is 42.5 Å². The van der Waals surface area contributed by atoms with Crippen LogP contribution in [-0.4, -0.2) is 61.6 Å². The van der Waals surface area contributed by atoms with Crippen molar-refractivity contribution in [3.8, 4) is 11.3 Å². The van der Waals surface area contributed by atoms with Gasteiger partial charge >= 0.3 is 0 Å². The Kier molecular flexibility index (Phi) is 8.52. The molecule has 2 aliphatic rings. The minimum absolute atomic E-state index is 0.0234. The van der Waals surface area contributed by atoms with Gasteiger partial charge in [-0.2, -0.15) is 0 Å². The Balaban J connectivity index is 1.63. The Bertz CT molecular complexity index is 1130. The van der Waals surface area contributed by atoms with Crippen molar-refractivity contribution >= 4 is 22.9 Å². The molecule has 1 aliphatic heterocycles. The van der Waals surface area contributed by atoms with E-state index in [-0.39, 0.29) is 5.91 Å². The minimum atomic E-state index is -0.0234. The monoisotopic (exact) mass is 507 g/mol. The molecule has 1 fully saturated rings. The van der Waals surface area contributed by atoms with Gasteiger partial charge in [0, 0.05) is 59.6 Å². The molecule has 1 aliphatic carbocycles. The number of nitrogens with zero attached hydrogens (tertiary/aromatic N) is 3. The van der Waals surface area contributed by atoms with E-state index in [1.54, 1.807) is 11.3 Å². The van der Waals surface area contributed by atoms with Gasteiger partial charge < -0.3 is 20.4 Å². The predicted molar refractivity (Wildman–Crippen MR) is 152 cm³/mol. The first-order valence-corrected chi connectivity index (χ1v) is 14.1. The molecule has 7 heteroatoms. The fourth-order valence-electron chi connectivity index (χ4n) is 5.60. The summed E-state index contributed by atoms with van der Waals surface area (Å²) in [6.45, 7) is 10.8. The second kappa shape index (κ2) is 11.6.